The summed E-state index contributed by atoms with van der Waals surface area (Å²) in [6.07, 6.45) is 9.58. The lowest BCUT2D eigenvalue weighted by atomic mass is 9.86. The number of amides is 1. The first kappa shape index (κ1) is 15.3. The number of pyridine rings is 1. The maximum absolute atomic E-state index is 12.9. The van der Waals surface area contributed by atoms with Gasteiger partial charge in [-0.05, 0) is 56.5 Å². The van der Waals surface area contributed by atoms with Crippen molar-refractivity contribution in [1.82, 2.24) is 14.5 Å². The van der Waals surface area contributed by atoms with Gasteiger partial charge in [-0.2, -0.15) is 0 Å². The number of anilines is 1. The molecule has 1 amide bonds. The molecule has 26 heavy (non-hydrogen) atoms. The summed E-state index contributed by atoms with van der Waals surface area (Å²) in [4.78, 5) is 23.6. The van der Waals surface area contributed by atoms with Crippen LogP contribution in [-0.2, 0) is 10.2 Å². The molecule has 2 aromatic heterocycles. The second kappa shape index (κ2) is 5.27. The van der Waals surface area contributed by atoms with Crippen LogP contribution >= 0.6 is 0 Å². The van der Waals surface area contributed by atoms with Gasteiger partial charge in [-0.15, -0.1) is 0 Å². The number of aromatic nitrogens is 3. The molecule has 0 unspecified atom stereocenters. The zero-order valence-electron chi connectivity index (χ0n) is 14.9. The lowest BCUT2D eigenvalue weighted by molar-refractivity contribution is -0.122. The molecule has 5 rings (SSSR count). The average molecular weight is 344 g/mol. The molecule has 0 spiro atoms. The van der Waals surface area contributed by atoms with Crippen LogP contribution in [0.1, 0.15) is 32.3 Å². The molecule has 1 aliphatic heterocycles. The summed E-state index contributed by atoms with van der Waals surface area (Å²) in [6.45, 7) is 4.04. The van der Waals surface area contributed by atoms with Crippen molar-refractivity contribution in [3.63, 3.8) is 0 Å². The Morgan fingerprint density at radius 2 is 2.04 bits per heavy atom. The molecule has 1 saturated carbocycles. The summed E-state index contributed by atoms with van der Waals surface area (Å²) in [5, 5.41) is 0. The predicted molar refractivity (Wildman–Crippen MR) is 100 cm³/mol. The highest BCUT2D eigenvalue weighted by Crippen LogP contribution is 2.47. The highest BCUT2D eigenvalue weighted by atomic mass is 16.2. The van der Waals surface area contributed by atoms with Crippen molar-refractivity contribution in [2.45, 2.75) is 38.1 Å². The number of benzene rings is 1. The first-order chi connectivity index (χ1) is 12.6. The second-order valence-electron chi connectivity index (χ2n) is 7.64. The minimum atomic E-state index is -0.452. The van der Waals surface area contributed by atoms with E-state index >= 15 is 0 Å². The van der Waals surface area contributed by atoms with E-state index in [4.69, 9.17) is 0 Å². The molecule has 130 valence electrons. The fraction of sp³-hybridized carbons (Fsp3) is 0.286. The summed E-state index contributed by atoms with van der Waals surface area (Å²) < 4.78 is 2.00. The van der Waals surface area contributed by atoms with Crippen LogP contribution in [0.25, 0.3) is 16.9 Å². The molecule has 0 bridgehead atoms. The maximum atomic E-state index is 12.9. The fourth-order valence-corrected chi connectivity index (χ4v) is 3.76. The van der Waals surface area contributed by atoms with E-state index in [9.17, 15) is 4.79 Å². The van der Waals surface area contributed by atoms with Crippen LogP contribution in [0.2, 0.25) is 0 Å². The zero-order valence-corrected chi connectivity index (χ0v) is 14.9. The Bertz CT molecular complexity index is 1000. The third kappa shape index (κ3) is 2.20. The zero-order chi connectivity index (χ0) is 17.9. The highest BCUT2D eigenvalue weighted by Gasteiger charge is 2.48. The maximum Gasteiger partial charge on any atom is 0.237 e. The molecule has 2 aliphatic rings. The molecule has 3 aromatic rings. The van der Waals surface area contributed by atoms with E-state index in [0.29, 0.717) is 6.04 Å². The fourth-order valence-electron chi connectivity index (χ4n) is 3.76. The lowest BCUT2D eigenvalue weighted by Gasteiger charge is -2.19. The summed E-state index contributed by atoms with van der Waals surface area (Å²) in [5.41, 5.74) is 4.61. The number of imidazole rings is 1. The Labute approximate surface area is 152 Å². The van der Waals surface area contributed by atoms with Gasteiger partial charge in [0.2, 0.25) is 5.91 Å². The molecular formula is C21H20N4O. The van der Waals surface area contributed by atoms with Gasteiger partial charge in [0.05, 0.1) is 23.1 Å². The monoisotopic (exact) mass is 344 g/mol. The van der Waals surface area contributed by atoms with Gasteiger partial charge < -0.3 is 9.47 Å². The van der Waals surface area contributed by atoms with E-state index < -0.39 is 5.41 Å². The van der Waals surface area contributed by atoms with Crippen molar-refractivity contribution in [1.29, 1.82) is 0 Å². The Morgan fingerprint density at radius 3 is 2.77 bits per heavy atom. The quantitative estimate of drug-likeness (QED) is 0.727. The van der Waals surface area contributed by atoms with Gasteiger partial charge in [0.15, 0.2) is 0 Å². The second-order valence-corrected chi connectivity index (χ2v) is 7.64. The summed E-state index contributed by atoms with van der Waals surface area (Å²) in [7, 11) is 0. The molecule has 5 heteroatoms. The molecule has 0 N–H and O–H groups in total. The van der Waals surface area contributed by atoms with Crippen molar-refractivity contribution in [2.75, 3.05) is 4.90 Å². The van der Waals surface area contributed by atoms with Crippen LogP contribution in [0.15, 0.2) is 55.2 Å². The van der Waals surface area contributed by atoms with Crippen LogP contribution in [0.4, 0.5) is 5.69 Å². The van der Waals surface area contributed by atoms with E-state index in [0.717, 1.165) is 41.0 Å². The van der Waals surface area contributed by atoms with Gasteiger partial charge in [-0.3, -0.25) is 9.78 Å². The van der Waals surface area contributed by atoms with Crippen LogP contribution < -0.4 is 4.90 Å². The van der Waals surface area contributed by atoms with Crippen LogP contribution in [0, 0.1) is 0 Å². The number of fused-ring (bicyclic) bond motifs is 1. The topological polar surface area (TPSA) is 51.0 Å². The number of rotatable bonds is 3. The number of nitrogens with zero attached hydrogens (tertiary/aromatic N) is 4. The molecule has 1 aliphatic carbocycles. The average Bonchev–Trinajstić information content (AvgIpc) is 3.31. The number of hydrogen-bond acceptors (Lipinski definition) is 3. The minimum absolute atomic E-state index is 0.217. The van der Waals surface area contributed by atoms with Crippen molar-refractivity contribution >= 4 is 11.6 Å². The number of hydrogen-bond donors (Lipinski definition) is 0. The lowest BCUT2D eigenvalue weighted by Crippen LogP contribution is -2.37. The molecule has 0 atom stereocenters. The van der Waals surface area contributed by atoms with Gasteiger partial charge in [-0.25, -0.2) is 4.98 Å². The first-order valence-electron chi connectivity index (χ1n) is 8.98. The molecule has 0 saturated heterocycles. The molecule has 5 nitrogen and oxygen atoms in total. The molecule has 0 radical (unpaired) electrons. The van der Waals surface area contributed by atoms with E-state index in [1.165, 1.54) is 0 Å². The van der Waals surface area contributed by atoms with E-state index in [-0.39, 0.29) is 5.91 Å². The summed E-state index contributed by atoms with van der Waals surface area (Å²) in [6, 6.07) is 10.6. The van der Waals surface area contributed by atoms with Crippen molar-refractivity contribution < 1.29 is 4.79 Å². The van der Waals surface area contributed by atoms with Gasteiger partial charge in [0.25, 0.3) is 0 Å². The molecule has 1 aromatic carbocycles. The number of carbonyl (C=O) groups excluding carboxylic acids is 1. The van der Waals surface area contributed by atoms with E-state index in [1.807, 2.05) is 54.2 Å². The van der Waals surface area contributed by atoms with Crippen molar-refractivity contribution in [3.8, 4) is 16.9 Å². The predicted octanol–water partition coefficient (Wildman–Crippen LogP) is 3.72. The number of carbonyl (C=O) groups is 1. The van der Waals surface area contributed by atoms with Gasteiger partial charge in [0, 0.05) is 35.9 Å². The SMILES string of the molecule is CC1(C)C(=O)N(C2CC2)c2cc(-n3cnc(-c4cccnc4)c3)ccc21. The van der Waals surface area contributed by atoms with Gasteiger partial charge >= 0.3 is 0 Å². The third-order valence-corrected chi connectivity index (χ3v) is 5.42. The Morgan fingerprint density at radius 1 is 1.19 bits per heavy atom. The first-order valence-corrected chi connectivity index (χ1v) is 8.98. The normalized spacial score (nSPS) is 18.2. The van der Waals surface area contributed by atoms with Crippen molar-refractivity contribution in [2.24, 2.45) is 0 Å². The van der Waals surface area contributed by atoms with E-state index in [2.05, 4.69) is 28.2 Å². The molecular weight excluding hydrogens is 324 g/mol. The Hall–Kier alpha value is -2.95. The van der Waals surface area contributed by atoms with Crippen LogP contribution in [0.3, 0.4) is 0 Å². The minimum Gasteiger partial charge on any atom is -0.308 e. The molecule has 1 fully saturated rings. The summed E-state index contributed by atoms with van der Waals surface area (Å²) >= 11 is 0. The largest absolute Gasteiger partial charge is 0.308 e. The van der Waals surface area contributed by atoms with Gasteiger partial charge in [0.1, 0.15) is 0 Å². The Balaban J connectivity index is 1.57. The highest BCUT2D eigenvalue weighted by molar-refractivity contribution is 6.08. The smallest absolute Gasteiger partial charge is 0.237 e. The van der Waals surface area contributed by atoms with Gasteiger partial charge in [-0.1, -0.05) is 6.07 Å². The van der Waals surface area contributed by atoms with E-state index in [1.54, 1.807) is 6.20 Å². The van der Waals surface area contributed by atoms with Crippen LogP contribution in [0.5, 0.6) is 0 Å². The third-order valence-electron chi connectivity index (χ3n) is 5.42. The van der Waals surface area contributed by atoms with Crippen LogP contribution in [-0.4, -0.2) is 26.5 Å². The standard InChI is InChI=1S/C21H20N4O/c1-21(2)17-8-7-16(10-19(17)25(20(21)26)15-5-6-15)24-12-18(23-13-24)14-4-3-9-22-11-14/h3-4,7-13,15H,5-6H2,1-2H3. The Kier molecular flexibility index (Phi) is 3.11. The molecule has 3 heterocycles. The summed E-state index contributed by atoms with van der Waals surface area (Å²) in [5.74, 6) is 0.217. The van der Waals surface area contributed by atoms with Crippen molar-refractivity contribution in [3.05, 3.63) is 60.8 Å².